The SMILES string of the molecule is CC(C)C(C)CNCc1cccc([N+](=O)[O-])c1Br. The molecule has 0 aliphatic carbocycles. The zero-order chi connectivity index (χ0) is 13.7. The molecule has 5 heteroatoms. The summed E-state index contributed by atoms with van der Waals surface area (Å²) in [5, 5.41) is 14.1. The van der Waals surface area contributed by atoms with Crippen LogP contribution in [0, 0.1) is 22.0 Å². The molecule has 0 heterocycles. The van der Waals surface area contributed by atoms with Crippen LogP contribution in [0.5, 0.6) is 0 Å². The van der Waals surface area contributed by atoms with Gasteiger partial charge in [0, 0.05) is 12.6 Å². The van der Waals surface area contributed by atoms with Crippen molar-refractivity contribution in [1.82, 2.24) is 5.32 Å². The molecule has 0 radical (unpaired) electrons. The van der Waals surface area contributed by atoms with Crippen molar-refractivity contribution in [2.24, 2.45) is 11.8 Å². The van der Waals surface area contributed by atoms with Gasteiger partial charge in [0.15, 0.2) is 0 Å². The van der Waals surface area contributed by atoms with Gasteiger partial charge < -0.3 is 5.32 Å². The minimum absolute atomic E-state index is 0.117. The average molecular weight is 315 g/mol. The van der Waals surface area contributed by atoms with Gasteiger partial charge in [0.2, 0.25) is 0 Å². The standard InChI is InChI=1S/C13H19BrN2O2/c1-9(2)10(3)7-15-8-11-5-4-6-12(13(11)14)16(17)18/h4-6,9-10,15H,7-8H2,1-3H3. The summed E-state index contributed by atoms with van der Waals surface area (Å²) >= 11 is 3.30. The lowest BCUT2D eigenvalue weighted by molar-refractivity contribution is -0.385. The van der Waals surface area contributed by atoms with E-state index in [4.69, 9.17) is 0 Å². The fraction of sp³-hybridized carbons (Fsp3) is 0.538. The predicted molar refractivity (Wildman–Crippen MR) is 76.5 cm³/mol. The molecule has 0 saturated heterocycles. The van der Waals surface area contributed by atoms with Crippen molar-refractivity contribution in [3.05, 3.63) is 38.3 Å². The maximum atomic E-state index is 10.8. The van der Waals surface area contributed by atoms with Gasteiger partial charge in [-0.1, -0.05) is 32.9 Å². The molecule has 1 N–H and O–H groups in total. The van der Waals surface area contributed by atoms with Crippen molar-refractivity contribution in [3.8, 4) is 0 Å². The van der Waals surface area contributed by atoms with E-state index < -0.39 is 0 Å². The van der Waals surface area contributed by atoms with E-state index in [9.17, 15) is 10.1 Å². The Hall–Kier alpha value is -0.940. The summed E-state index contributed by atoms with van der Waals surface area (Å²) in [5.74, 6) is 1.22. The number of hydrogen-bond donors (Lipinski definition) is 1. The van der Waals surface area contributed by atoms with Crippen LogP contribution < -0.4 is 5.32 Å². The van der Waals surface area contributed by atoms with Crippen molar-refractivity contribution < 1.29 is 4.92 Å². The number of benzene rings is 1. The maximum Gasteiger partial charge on any atom is 0.283 e. The Morgan fingerprint density at radius 3 is 2.61 bits per heavy atom. The summed E-state index contributed by atoms with van der Waals surface area (Å²) in [5.41, 5.74) is 1.03. The number of nitro groups is 1. The summed E-state index contributed by atoms with van der Waals surface area (Å²) in [4.78, 5) is 10.4. The Balaban J connectivity index is 2.63. The molecule has 0 saturated carbocycles. The van der Waals surface area contributed by atoms with E-state index in [0.29, 0.717) is 22.9 Å². The van der Waals surface area contributed by atoms with Crippen LogP contribution in [-0.2, 0) is 6.54 Å². The van der Waals surface area contributed by atoms with Gasteiger partial charge in [0.05, 0.1) is 9.40 Å². The molecule has 0 fully saturated rings. The summed E-state index contributed by atoms with van der Waals surface area (Å²) in [6.07, 6.45) is 0. The molecule has 0 amide bonds. The molecule has 4 nitrogen and oxygen atoms in total. The fourth-order valence-electron chi connectivity index (χ4n) is 1.51. The van der Waals surface area contributed by atoms with Crippen LogP contribution in [-0.4, -0.2) is 11.5 Å². The van der Waals surface area contributed by atoms with Gasteiger partial charge in [-0.25, -0.2) is 0 Å². The van der Waals surface area contributed by atoms with Gasteiger partial charge in [-0.3, -0.25) is 10.1 Å². The van der Waals surface area contributed by atoms with Gasteiger partial charge >= 0.3 is 0 Å². The Kier molecular flexibility index (Phi) is 5.75. The first-order valence-corrected chi connectivity index (χ1v) is 6.85. The number of halogens is 1. The lowest BCUT2D eigenvalue weighted by atomic mass is 9.98. The second-order valence-corrected chi connectivity index (χ2v) is 5.65. The molecule has 0 aliphatic heterocycles. The zero-order valence-electron chi connectivity index (χ0n) is 10.9. The second-order valence-electron chi connectivity index (χ2n) is 4.86. The third kappa shape index (κ3) is 4.07. The normalized spacial score (nSPS) is 12.7. The van der Waals surface area contributed by atoms with E-state index in [1.165, 1.54) is 6.07 Å². The van der Waals surface area contributed by atoms with Crippen LogP contribution >= 0.6 is 15.9 Å². The van der Waals surface area contributed by atoms with E-state index >= 15 is 0 Å². The van der Waals surface area contributed by atoms with Crippen LogP contribution in [0.25, 0.3) is 0 Å². The lowest BCUT2D eigenvalue weighted by Gasteiger charge is -2.16. The first-order valence-electron chi connectivity index (χ1n) is 6.06. The molecule has 1 atom stereocenters. The largest absolute Gasteiger partial charge is 0.312 e. The fourth-order valence-corrected chi connectivity index (χ4v) is 2.06. The number of nitrogens with one attached hydrogen (secondary N) is 1. The molecular formula is C13H19BrN2O2. The molecular weight excluding hydrogens is 296 g/mol. The Morgan fingerprint density at radius 1 is 1.39 bits per heavy atom. The first kappa shape index (κ1) is 15.1. The smallest absolute Gasteiger partial charge is 0.283 e. The number of rotatable bonds is 6. The highest BCUT2D eigenvalue weighted by molar-refractivity contribution is 9.10. The highest BCUT2D eigenvalue weighted by atomic mass is 79.9. The number of hydrogen-bond acceptors (Lipinski definition) is 3. The average Bonchev–Trinajstić information content (AvgIpc) is 2.30. The zero-order valence-corrected chi connectivity index (χ0v) is 12.5. The van der Waals surface area contributed by atoms with Gasteiger partial charge in [-0.2, -0.15) is 0 Å². The Bertz CT molecular complexity index is 421. The van der Waals surface area contributed by atoms with Gasteiger partial charge in [-0.15, -0.1) is 0 Å². The lowest BCUT2D eigenvalue weighted by Crippen LogP contribution is -2.24. The molecule has 100 valence electrons. The quantitative estimate of drug-likeness (QED) is 0.643. The number of nitro benzene ring substituents is 1. The summed E-state index contributed by atoms with van der Waals surface area (Å²) in [7, 11) is 0. The monoisotopic (exact) mass is 314 g/mol. The third-order valence-corrected chi connectivity index (χ3v) is 4.09. The van der Waals surface area contributed by atoms with Gasteiger partial charge in [0.1, 0.15) is 0 Å². The Labute approximate surface area is 116 Å². The summed E-state index contributed by atoms with van der Waals surface area (Å²) in [6, 6.07) is 5.11. The van der Waals surface area contributed by atoms with Crippen molar-refractivity contribution >= 4 is 21.6 Å². The van der Waals surface area contributed by atoms with Crippen LogP contribution in [0.15, 0.2) is 22.7 Å². The van der Waals surface area contributed by atoms with E-state index in [-0.39, 0.29) is 10.6 Å². The minimum Gasteiger partial charge on any atom is -0.312 e. The predicted octanol–water partition coefficient (Wildman–Crippen LogP) is 3.74. The van der Waals surface area contributed by atoms with Crippen molar-refractivity contribution in [2.45, 2.75) is 27.3 Å². The number of nitrogens with zero attached hydrogens (tertiary/aromatic N) is 1. The summed E-state index contributed by atoms with van der Waals surface area (Å²) < 4.78 is 0.569. The highest BCUT2D eigenvalue weighted by Crippen LogP contribution is 2.28. The molecule has 0 bridgehead atoms. The molecule has 0 spiro atoms. The van der Waals surface area contributed by atoms with Crippen LogP contribution in [0.1, 0.15) is 26.3 Å². The molecule has 1 aromatic rings. The molecule has 0 aliphatic rings. The van der Waals surface area contributed by atoms with E-state index in [1.54, 1.807) is 6.07 Å². The molecule has 1 unspecified atom stereocenters. The summed E-state index contributed by atoms with van der Waals surface area (Å²) in [6.45, 7) is 8.12. The Morgan fingerprint density at radius 2 is 2.06 bits per heavy atom. The van der Waals surface area contributed by atoms with Gasteiger partial charge in [-0.05, 0) is 39.9 Å². The van der Waals surface area contributed by atoms with Crippen LogP contribution in [0.2, 0.25) is 0 Å². The maximum absolute atomic E-state index is 10.8. The molecule has 0 aromatic heterocycles. The van der Waals surface area contributed by atoms with E-state index in [1.807, 2.05) is 6.07 Å². The second kappa shape index (κ2) is 6.85. The topological polar surface area (TPSA) is 55.2 Å². The first-order chi connectivity index (χ1) is 8.43. The van der Waals surface area contributed by atoms with E-state index in [2.05, 4.69) is 42.0 Å². The minimum atomic E-state index is -0.371. The molecule has 18 heavy (non-hydrogen) atoms. The van der Waals surface area contributed by atoms with Crippen LogP contribution in [0.4, 0.5) is 5.69 Å². The van der Waals surface area contributed by atoms with Crippen LogP contribution in [0.3, 0.4) is 0 Å². The third-order valence-electron chi connectivity index (χ3n) is 3.17. The molecule has 1 rings (SSSR count). The van der Waals surface area contributed by atoms with Crippen molar-refractivity contribution in [1.29, 1.82) is 0 Å². The highest BCUT2D eigenvalue weighted by Gasteiger charge is 2.14. The molecule has 1 aromatic carbocycles. The van der Waals surface area contributed by atoms with Gasteiger partial charge in [0.25, 0.3) is 5.69 Å². The van der Waals surface area contributed by atoms with E-state index in [0.717, 1.165) is 12.1 Å². The van der Waals surface area contributed by atoms with Crippen molar-refractivity contribution in [2.75, 3.05) is 6.54 Å². The van der Waals surface area contributed by atoms with Crippen molar-refractivity contribution in [3.63, 3.8) is 0 Å².